The van der Waals surface area contributed by atoms with Gasteiger partial charge in [-0.25, -0.2) is 0 Å². The fraction of sp³-hybridized carbons (Fsp3) is 0.625. The first kappa shape index (κ1) is 19.4. The van der Waals surface area contributed by atoms with E-state index in [1.807, 2.05) is 52.4 Å². The molecule has 0 aliphatic carbocycles. The van der Waals surface area contributed by atoms with Gasteiger partial charge in [-0.1, -0.05) is 24.3 Å². The molecule has 1 unspecified atom stereocenters. The Kier molecular flexibility index (Phi) is 9.37. The molecule has 120 valence electrons. The number of hydrogen-bond acceptors (Lipinski definition) is 4. The van der Waals surface area contributed by atoms with Crippen molar-refractivity contribution >= 4 is 11.9 Å². The Morgan fingerprint density at radius 3 is 2.43 bits per heavy atom. The molecule has 1 atom stereocenters. The van der Waals surface area contributed by atoms with Crippen LogP contribution in [-0.4, -0.2) is 50.2 Å². The number of rotatable bonds is 10. The maximum Gasteiger partial charge on any atom is 0.306 e. The van der Waals surface area contributed by atoms with E-state index in [9.17, 15) is 14.7 Å². The Bertz CT molecular complexity index is 380. The van der Waals surface area contributed by atoms with Crippen LogP contribution in [0.5, 0.6) is 0 Å². The predicted octanol–water partition coefficient (Wildman–Crippen LogP) is 1.05. The lowest BCUT2D eigenvalue weighted by Crippen LogP contribution is -2.45. The lowest BCUT2D eigenvalue weighted by atomic mass is 10.2. The average molecular weight is 297 g/mol. The molecular formula is C16H27NO4. The van der Waals surface area contributed by atoms with E-state index in [0.717, 1.165) is 6.42 Å². The molecule has 0 amide bonds. The van der Waals surface area contributed by atoms with Crippen molar-refractivity contribution < 1.29 is 23.9 Å². The molecule has 0 N–H and O–H groups in total. The number of carboxylic acids is 1. The van der Waals surface area contributed by atoms with Crippen molar-refractivity contribution in [3.05, 3.63) is 24.3 Å². The van der Waals surface area contributed by atoms with Gasteiger partial charge in [-0.05, 0) is 19.8 Å². The van der Waals surface area contributed by atoms with Crippen LogP contribution in [0.25, 0.3) is 0 Å². The second-order valence-electron chi connectivity index (χ2n) is 6.01. The second kappa shape index (κ2) is 10.2. The number of hydrogen-bond donors (Lipinski definition) is 0. The third-order valence-electron chi connectivity index (χ3n) is 2.64. The molecule has 0 saturated carbocycles. The summed E-state index contributed by atoms with van der Waals surface area (Å²) in [4.78, 5) is 22.4. The number of ether oxygens (including phenoxy) is 1. The molecule has 0 aromatic carbocycles. The standard InChI is InChI=1S/C16H27NO4/c1-5-6-7-8-9-10-11-16(20)21-14(12-15(18)19)13-17(2,3)4/h5-8,14H,9-13H2,1-4H3/b6-5+,8-7+. The highest BCUT2D eigenvalue weighted by atomic mass is 16.5. The van der Waals surface area contributed by atoms with Crippen LogP contribution in [0.15, 0.2) is 24.3 Å². The zero-order chi connectivity index (χ0) is 16.3. The van der Waals surface area contributed by atoms with E-state index in [0.29, 0.717) is 23.9 Å². The van der Waals surface area contributed by atoms with Gasteiger partial charge in [0.25, 0.3) is 0 Å². The van der Waals surface area contributed by atoms with Gasteiger partial charge in [-0.3, -0.25) is 4.79 Å². The summed E-state index contributed by atoms with van der Waals surface area (Å²) in [6.07, 6.45) is 8.65. The quantitative estimate of drug-likeness (QED) is 0.262. The molecule has 0 saturated heterocycles. The van der Waals surface area contributed by atoms with Gasteiger partial charge in [0.15, 0.2) is 6.10 Å². The molecule has 0 spiro atoms. The minimum absolute atomic E-state index is 0.261. The first-order chi connectivity index (χ1) is 9.74. The van der Waals surface area contributed by atoms with E-state index in [2.05, 4.69) is 0 Å². The Balaban J connectivity index is 4.18. The van der Waals surface area contributed by atoms with Gasteiger partial charge in [-0.2, -0.15) is 0 Å². The number of unbranched alkanes of at least 4 members (excludes halogenated alkanes) is 1. The number of carbonyl (C=O) groups excluding carboxylic acids is 2. The van der Waals surface area contributed by atoms with Crippen LogP contribution >= 0.6 is 0 Å². The monoisotopic (exact) mass is 297 g/mol. The van der Waals surface area contributed by atoms with Crippen molar-refractivity contribution in [3.63, 3.8) is 0 Å². The van der Waals surface area contributed by atoms with Gasteiger partial charge in [-0.15, -0.1) is 0 Å². The lowest BCUT2D eigenvalue weighted by Gasteiger charge is -2.29. The molecule has 21 heavy (non-hydrogen) atoms. The van der Waals surface area contributed by atoms with Crippen LogP contribution < -0.4 is 5.11 Å². The van der Waals surface area contributed by atoms with Gasteiger partial charge >= 0.3 is 5.97 Å². The lowest BCUT2D eigenvalue weighted by molar-refractivity contribution is -0.873. The number of likely N-dealkylation sites (N-methyl/N-ethyl adjacent to an activating group) is 1. The number of allylic oxidation sites excluding steroid dienone is 4. The van der Waals surface area contributed by atoms with Crippen LogP contribution in [-0.2, 0) is 14.3 Å². The minimum Gasteiger partial charge on any atom is -0.550 e. The average Bonchev–Trinajstić information content (AvgIpc) is 2.30. The molecule has 5 heteroatoms. The van der Waals surface area contributed by atoms with Crippen molar-refractivity contribution in [1.29, 1.82) is 0 Å². The number of carboxylic acid groups (broad SMARTS) is 1. The maximum absolute atomic E-state index is 11.7. The van der Waals surface area contributed by atoms with Gasteiger partial charge in [0.1, 0.15) is 6.54 Å². The molecule has 0 bridgehead atoms. The number of aliphatic carboxylic acids is 1. The number of esters is 1. The van der Waals surface area contributed by atoms with Crippen LogP contribution in [0.2, 0.25) is 0 Å². The summed E-state index contributed by atoms with van der Waals surface area (Å²) < 4.78 is 5.78. The fourth-order valence-electron chi connectivity index (χ4n) is 1.84. The van der Waals surface area contributed by atoms with Gasteiger partial charge in [0, 0.05) is 18.8 Å². The summed E-state index contributed by atoms with van der Waals surface area (Å²) >= 11 is 0. The van der Waals surface area contributed by atoms with Crippen molar-refractivity contribution in [2.45, 2.75) is 38.7 Å². The minimum atomic E-state index is -1.20. The van der Waals surface area contributed by atoms with Crippen LogP contribution in [0.1, 0.15) is 32.6 Å². The van der Waals surface area contributed by atoms with Crippen LogP contribution in [0.3, 0.4) is 0 Å². The SMILES string of the molecule is C/C=C/C=C/CCCC(=O)OC(CC(=O)[O-])C[N+](C)(C)C. The molecule has 5 nitrogen and oxygen atoms in total. The second-order valence-corrected chi connectivity index (χ2v) is 6.01. The molecule has 0 aromatic heterocycles. The molecule has 0 fully saturated rings. The van der Waals surface area contributed by atoms with E-state index < -0.39 is 12.1 Å². The van der Waals surface area contributed by atoms with Gasteiger partial charge in [0.05, 0.1) is 21.1 Å². The van der Waals surface area contributed by atoms with E-state index >= 15 is 0 Å². The normalized spacial score (nSPS) is 13.7. The van der Waals surface area contributed by atoms with Crippen LogP contribution in [0, 0.1) is 0 Å². The van der Waals surface area contributed by atoms with E-state index in [-0.39, 0.29) is 12.4 Å². The predicted molar refractivity (Wildman–Crippen MR) is 80.2 cm³/mol. The number of quaternary nitrogens is 1. The molecule has 0 aromatic rings. The summed E-state index contributed by atoms with van der Waals surface area (Å²) in [5, 5.41) is 10.7. The first-order valence-electron chi connectivity index (χ1n) is 7.22. The largest absolute Gasteiger partial charge is 0.550 e. The molecule has 0 aliphatic rings. The highest BCUT2D eigenvalue weighted by Gasteiger charge is 2.22. The Morgan fingerprint density at radius 1 is 1.24 bits per heavy atom. The molecule has 0 heterocycles. The van der Waals surface area contributed by atoms with Crippen molar-refractivity contribution in [2.24, 2.45) is 0 Å². The zero-order valence-corrected chi connectivity index (χ0v) is 13.5. The van der Waals surface area contributed by atoms with Gasteiger partial charge in [0.2, 0.25) is 0 Å². The molecule has 0 radical (unpaired) electrons. The summed E-state index contributed by atoms with van der Waals surface area (Å²) in [7, 11) is 5.76. The van der Waals surface area contributed by atoms with Crippen molar-refractivity contribution in [3.8, 4) is 0 Å². The summed E-state index contributed by atoms with van der Waals surface area (Å²) in [6.45, 7) is 2.38. The highest BCUT2D eigenvalue weighted by molar-refractivity contribution is 5.70. The first-order valence-corrected chi connectivity index (χ1v) is 7.22. The molecular weight excluding hydrogens is 270 g/mol. The topological polar surface area (TPSA) is 66.4 Å². The van der Waals surface area contributed by atoms with Crippen LogP contribution in [0.4, 0.5) is 0 Å². The summed E-state index contributed by atoms with van der Waals surface area (Å²) in [5.74, 6) is -1.55. The zero-order valence-electron chi connectivity index (χ0n) is 13.5. The Labute approximate surface area is 127 Å². The Hall–Kier alpha value is -1.62. The third kappa shape index (κ3) is 13.1. The smallest absolute Gasteiger partial charge is 0.306 e. The van der Waals surface area contributed by atoms with Crippen molar-refractivity contribution in [1.82, 2.24) is 0 Å². The molecule has 0 aliphatic heterocycles. The highest BCUT2D eigenvalue weighted by Crippen LogP contribution is 2.08. The molecule has 0 rings (SSSR count). The van der Waals surface area contributed by atoms with E-state index in [1.165, 1.54) is 0 Å². The fourth-order valence-corrected chi connectivity index (χ4v) is 1.84. The summed E-state index contributed by atoms with van der Waals surface area (Å²) in [5.41, 5.74) is 0. The maximum atomic E-state index is 11.7. The Morgan fingerprint density at radius 2 is 1.90 bits per heavy atom. The van der Waals surface area contributed by atoms with Gasteiger partial charge < -0.3 is 19.1 Å². The van der Waals surface area contributed by atoms with E-state index in [1.54, 1.807) is 0 Å². The summed E-state index contributed by atoms with van der Waals surface area (Å²) in [6, 6.07) is 0. The van der Waals surface area contributed by atoms with E-state index in [4.69, 9.17) is 4.74 Å². The van der Waals surface area contributed by atoms with Crippen molar-refractivity contribution in [2.75, 3.05) is 27.7 Å². The number of nitrogens with zero attached hydrogens (tertiary/aromatic N) is 1. The number of carbonyl (C=O) groups is 2. The third-order valence-corrected chi connectivity index (χ3v) is 2.64.